The predicted octanol–water partition coefficient (Wildman–Crippen LogP) is 2.78. The van der Waals surface area contributed by atoms with Crippen LogP contribution < -0.4 is 10.6 Å². The molecule has 2 N–H and O–H groups in total. The maximum absolute atomic E-state index is 4.45. The van der Waals surface area contributed by atoms with Crippen molar-refractivity contribution in [1.29, 1.82) is 0 Å². The van der Waals surface area contributed by atoms with Gasteiger partial charge in [-0.25, -0.2) is 9.97 Å². The molecule has 1 atom stereocenters. The number of nitrogens with one attached hydrogen (secondary N) is 2. The van der Waals surface area contributed by atoms with Crippen LogP contribution in [0.1, 0.15) is 45.6 Å². The molecule has 21 heavy (non-hydrogen) atoms. The fraction of sp³-hybridized carbons (Fsp3) is 0.750. The molecule has 1 aliphatic rings. The molecular weight excluding hydrogens is 262 g/mol. The highest BCUT2D eigenvalue weighted by Crippen LogP contribution is 2.28. The van der Waals surface area contributed by atoms with Crippen LogP contribution in [0, 0.1) is 5.92 Å². The lowest BCUT2D eigenvalue weighted by molar-refractivity contribution is 0.266. The standard InChI is InChI=1S/C16H29N5/c1-11(2)14-15(17-5)19-10-20-16(14)18-8-13-6-7-21(9-13)12(3)4/h10-13H,6-9H2,1-5H3,(H2,17,18,19,20). The Bertz CT molecular complexity index is 458. The summed E-state index contributed by atoms with van der Waals surface area (Å²) in [5.41, 5.74) is 1.18. The zero-order valence-corrected chi connectivity index (χ0v) is 14.0. The molecule has 1 aliphatic heterocycles. The summed E-state index contributed by atoms with van der Waals surface area (Å²) in [5, 5.41) is 6.72. The van der Waals surface area contributed by atoms with Gasteiger partial charge < -0.3 is 15.5 Å². The van der Waals surface area contributed by atoms with Gasteiger partial charge in [-0.3, -0.25) is 0 Å². The number of aromatic nitrogens is 2. The Morgan fingerprint density at radius 2 is 1.95 bits per heavy atom. The van der Waals surface area contributed by atoms with Gasteiger partial charge in [-0.2, -0.15) is 0 Å². The van der Waals surface area contributed by atoms with E-state index in [1.807, 2.05) is 7.05 Å². The van der Waals surface area contributed by atoms with Crippen molar-refractivity contribution in [2.75, 3.05) is 37.3 Å². The second-order valence-corrected chi connectivity index (χ2v) is 6.51. The fourth-order valence-electron chi connectivity index (χ4n) is 3.02. The normalized spacial score (nSPS) is 19.5. The van der Waals surface area contributed by atoms with Gasteiger partial charge in [-0.15, -0.1) is 0 Å². The summed E-state index contributed by atoms with van der Waals surface area (Å²) in [6, 6.07) is 0.649. The lowest BCUT2D eigenvalue weighted by atomic mass is 10.0. The van der Waals surface area contributed by atoms with Gasteiger partial charge in [-0.05, 0) is 38.6 Å². The summed E-state index contributed by atoms with van der Waals surface area (Å²) in [4.78, 5) is 11.3. The first kappa shape index (κ1) is 16.0. The van der Waals surface area contributed by atoms with Crippen molar-refractivity contribution in [2.45, 2.75) is 46.1 Å². The molecule has 0 amide bonds. The lowest BCUT2D eigenvalue weighted by Crippen LogP contribution is -2.29. The van der Waals surface area contributed by atoms with Crippen LogP contribution in [0.25, 0.3) is 0 Å². The maximum atomic E-state index is 4.45. The number of hydrogen-bond donors (Lipinski definition) is 2. The summed E-state index contributed by atoms with van der Waals surface area (Å²) in [6.07, 6.45) is 2.90. The van der Waals surface area contributed by atoms with Crippen molar-refractivity contribution < 1.29 is 0 Å². The number of nitrogens with zero attached hydrogens (tertiary/aromatic N) is 3. The zero-order chi connectivity index (χ0) is 15.4. The second kappa shape index (κ2) is 7.07. The molecule has 118 valence electrons. The number of rotatable bonds is 6. The summed E-state index contributed by atoms with van der Waals surface area (Å²) in [7, 11) is 1.91. The monoisotopic (exact) mass is 291 g/mol. The number of anilines is 2. The minimum Gasteiger partial charge on any atom is -0.373 e. The molecule has 5 heteroatoms. The fourth-order valence-corrected chi connectivity index (χ4v) is 3.02. The van der Waals surface area contributed by atoms with Crippen LogP contribution in [0.2, 0.25) is 0 Å². The Hall–Kier alpha value is -1.36. The second-order valence-electron chi connectivity index (χ2n) is 6.51. The Balaban J connectivity index is 2.01. The molecule has 0 aromatic carbocycles. The SMILES string of the molecule is CNc1ncnc(NCC2CCN(C(C)C)C2)c1C(C)C. The van der Waals surface area contributed by atoms with E-state index < -0.39 is 0 Å². The van der Waals surface area contributed by atoms with Gasteiger partial charge in [0.05, 0.1) is 0 Å². The van der Waals surface area contributed by atoms with E-state index in [0.717, 1.165) is 18.2 Å². The zero-order valence-electron chi connectivity index (χ0n) is 14.0. The predicted molar refractivity (Wildman–Crippen MR) is 89.0 cm³/mol. The largest absolute Gasteiger partial charge is 0.373 e. The summed E-state index contributed by atoms with van der Waals surface area (Å²) >= 11 is 0. The molecule has 0 spiro atoms. The highest BCUT2D eigenvalue weighted by Gasteiger charge is 2.24. The van der Waals surface area contributed by atoms with Crippen molar-refractivity contribution in [2.24, 2.45) is 5.92 Å². The molecule has 0 radical (unpaired) electrons. The molecule has 0 bridgehead atoms. The van der Waals surface area contributed by atoms with E-state index in [1.54, 1.807) is 6.33 Å². The van der Waals surface area contributed by atoms with Crippen LogP contribution in [0.5, 0.6) is 0 Å². The molecule has 5 nitrogen and oxygen atoms in total. The summed E-state index contributed by atoms with van der Waals surface area (Å²) in [5.74, 6) is 3.01. The molecule has 0 aliphatic carbocycles. The first-order valence-corrected chi connectivity index (χ1v) is 8.03. The minimum atomic E-state index is 0.395. The van der Waals surface area contributed by atoms with Crippen LogP contribution >= 0.6 is 0 Å². The lowest BCUT2D eigenvalue weighted by Gasteiger charge is -2.21. The summed E-state index contributed by atoms with van der Waals surface area (Å²) < 4.78 is 0. The quantitative estimate of drug-likeness (QED) is 0.844. The van der Waals surface area contributed by atoms with Gasteiger partial charge >= 0.3 is 0 Å². The average molecular weight is 291 g/mol. The molecule has 1 unspecified atom stereocenters. The Morgan fingerprint density at radius 1 is 1.24 bits per heavy atom. The smallest absolute Gasteiger partial charge is 0.134 e. The van der Waals surface area contributed by atoms with Gasteiger partial charge in [0.15, 0.2) is 0 Å². The van der Waals surface area contributed by atoms with Gasteiger partial charge in [-0.1, -0.05) is 13.8 Å². The topological polar surface area (TPSA) is 53.1 Å². The highest BCUT2D eigenvalue weighted by atomic mass is 15.2. The maximum Gasteiger partial charge on any atom is 0.134 e. The van der Waals surface area contributed by atoms with Crippen molar-refractivity contribution in [3.63, 3.8) is 0 Å². The molecule has 1 aromatic heterocycles. The third-order valence-electron chi connectivity index (χ3n) is 4.30. The van der Waals surface area contributed by atoms with Crippen LogP contribution in [0.3, 0.4) is 0 Å². The van der Waals surface area contributed by atoms with Crippen molar-refractivity contribution in [3.8, 4) is 0 Å². The molecule has 1 aromatic rings. The Morgan fingerprint density at radius 3 is 2.52 bits per heavy atom. The van der Waals surface area contributed by atoms with Gasteiger partial charge in [0.2, 0.25) is 0 Å². The van der Waals surface area contributed by atoms with E-state index in [2.05, 4.69) is 53.2 Å². The van der Waals surface area contributed by atoms with Crippen LogP contribution in [-0.4, -0.2) is 47.6 Å². The van der Waals surface area contributed by atoms with Crippen LogP contribution in [0.15, 0.2) is 6.33 Å². The van der Waals surface area contributed by atoms with Gasteiger partial charge in [0, 0.05) is 31.7 Å². The minimum absolute atomic E-state index is 0.395. The average Bonchev–Trinajstić information content (AvgIpc) is 2.93. The highest BCUT2D eigenvalue weighted by molar-refractivity contribution is 5.58. The van der Waals surface area contributed by atoms with Gasteiger partial charge in [0.25, 0.3) is 0 Å². The molecule has 2 heterocycles. The number of likely N-dealkylation sites (tertiary alicyclic amines) is 1. The Labute approximate surface area is 128 Å². The first-order chi connectivity index (χ1) is 10.0. The third kappa shape index (κ3) is 3.84. The van der Waals surface area contributed by atoms with E-state index in [1.165, 1.54) is 25.1 Å². The number of hydrogen-bond acceptors (Lipinski definition) is 5. The van der Waals surface area contributed by atoms with Crippen molar-refractivity contribution >= 4 is 11.6 Å². The van der Waals surface area contributed by atoms with Crippen LogP contribution in [-0.2, 0) is 0 Å². The summed E-state index contributed by atoms with van der Waals surface area (Å²) in [6.45, 7) is 12.3. The van der Waals surface area contributed by atoms with Gasteiger partial charge in [0.1, 0.15) is 18.0 Å². The Kier molecular flexibility index (Phi) is 5.39. The molecule has 2 rings (SSSR count). The van der Waals surface area contributed by atoms with Crippen LogP contribution in [0.4, 0.5) is 11.6 Å². The van der Waals surface area contributed by atoms with E-state index in [9.17, 15) is 0 Å². The first-order valence-electron chi connectivity index (χ1n) is 8.03. The molecule has 0 saturated carbocycles. The van der Waals surface area contributed by atoms with E-state index in [4.69, 9.17) is 0 Å². The van der Waals surface area contributed by atoms with Crippen molar-refractivity contribution in [1.82, 2.24) is 14.9 Å². The molecule has 1 fully saturated rings. The van der Waals surface area contributed by atoms with E-state index in [-0.39, 0.29) is 0 Å². The van der Waals surface area contributed by atoms with E-state index in [0.29, 0.717) is 17.9 Å². The molecule has 1 saturated heterocycles. The van der Waals surface area contributed by atoms with E-state index >= 15 is 0 Å². The third-order valence-corrected chi connectivity index (χ3v) is 4.30. The molecular formula is C16H29N5. The van der Waals surface area contributed by atoms with Crippen molar-refractivity contribution in [3.05, 3.63) is 11.9 Å².